The van der Waals surface area contributed by atoms with Crippen molar-refractivity contribution in [2.75, 3.05) is 6.54 Å². The van der Waals surface area contributed by atoms with Gasteiger partial charge >= 0.3 is 0 Å². The van der Waals surface area contributed by atoms with Crippen LogP contribution in [0.3, 0.4) is 0 Å². The number of carbonyl (C=O) groups is 1. The van der Waals surface area contributed by atoms with Crippen LogP contribution in [0.15, 0.2) is 0 Å². The van der Waals surface area contributed by atoms with Gasteiger partial charge in [0.15, 0.2) is 0 Å². The molecule has 1 unspecified atom stereocenters. The van der Waals surface area contributed by atoms with E-state index in [0.717, 1.165) is 0 Å². The highest BCUT2D eigenvalue weighted by Gasteiger charge is 2.02. The van der Waals surface area contributed by atoms with Crippen molar-refractivity contribution in [3.63, 3.8) is 0 Å². The highest BCUT2D eigenvalue weighted by Crippen LogP contribution is 1.87. The average molecular weight is 154 g/mol. The Kier molecular flexibility index (Phi) is 5.22. The third kappa shape index (κ3) is 5.43. The number of carbonyl (C=O) groups excluding carboxylic acids is 1. The molecular weight excluding hydrogens is 140 g/mol. The van der Waals surface area contributed by atoms with Crippen molar-refractivity contribution in [3.05, 3.63) is 0 Å². The SMILES string of the molecule is C#CC(C)NC(=O)CCCN. The fourth-order valence-electron chi connectivity index (χ4n) is 0.618. The molecule has 0 aromatic rings. The minimum atomic E-state index is -0.180. The summed E-state index contributed by atoms with van der Waals surface area (Å²) >= 11 is 0. The maximum absolute atomic E-state index is 10.9. The third-order valence-corrected chi connectivity index (χ3v) is 1.24. The fraction of sp³-hybridized carbons (Fsp3) is 0.625. The van der Waals surface area contributed by atoms with Gasteiger partial charge in [-0.25, -0.2) is 0 Å². The number of rotatable bonds is 4. The number of hydrogen-bond acceptors (Lipinski definition) is 2. The Bertz CT molecular complexity index is 160. The molecule has 0 bridgehead atoms. The van der Waals surface area contributed by atoms with Crippen LogP contribution in [0.4, 0.5) is 0 Å². The lowest BCUT2D eigenvalue weighted by Crippen LogP contribution is -2.31. The lowest BCUT2D eigenvalue weighted by Gasteiger charge is -2.06. The molecule has 0 fully saturated rings. The predicted molar refractivity (Wildman–Crippen MR) is 44.7 cm³/mol. The minimum Gasteiger partial charge on any atom is -0.343 e. The van der Waals surface area contributed by atoms with Crippen molar-refractivity contribution in [1.29, 1.82) is 0 Å². The van der Waals surface area contributed by atoms with Gasteiger partial charge in [-0.3, -0.25) is 4.79 Å². The summed E-state index contributed by atoms with van der Waals surface area (Å²) in [6.07, 6.45) is 6.23. The van der Waals surface area contributed by atoms with Crippen molar-refractivity contribution in [2.24, 2.45) is 5.73 Å². The summed E-state index contributed by atoms with van der Waals surface area (Å²) in [6, 6.07) is -0.180. The van der Waals surface area contributed by atoms with Gasteiger partial charge in [-0.05, 0) is 19.9 Å². The second-order valence-electron chi connectivity index (χ2n) is 2.35. The molecular formula is C8H14N2O. The molecule has 11 heavy (non-hydrogen) atoms. The zero-order valence-electron chi connectivity index (χ0n) is 6.76. The lowest BCUT2D eigenvalue weighted by atomic mass is 10.2. The zero-order valence-corrected chi connectivity index (χ0v) is 6.76. The van der Waals surface area contributed by atoms with Gasteiger partial charge < -0.3 is 11.1 Å². The predicted octanol–water partition coefficient (Wildman–Crippen LogP) is -0.137. The van der Waals surface area contributed by atoms with Gasteiger partial charge in [0.05, 0.1) is 6.04 Å². The van der Waals surface area contributed by atoms with Gasteiger partial charge in [0.1, 0.15) is 0 Å². The first-order valence-electron chi connectivity index (χ1n) is 3.66. The molecule has 62 valence electrons. The van der Waals surface area contributed by atoms with Crippen LogP contribution in [-0.4, -0.2) is 18.5 Å². The molecule has 0 aliphatic carbocycles. The first kappa shape index (κ1) is 9.99. The van der Waals surface area contributed by atoms with Gasteiger partial charge in [0.25, 0.3) is 0 Å². The number of nitrogens with two attached hydrogens (primary N) is 1. The van der Waals surface area contributed by atoms with E-state index in [1.807, 2.05) is 0 Å². The summed E-state index contributed by atoms with van der Waals surface area (Å²) in [4.78, 5) is 10.9. The molecule has 0 heterocycles. The van der Waals surface area contributed by atoms with Crippen LogP contribution in [0.25, 0.3) is 0 Å². The number of amides is 1. The van der Waals surface area contributed by atoms with E-state index < -0.39 is 0 Å². The van der Waals surface area contributed by atoms with Crippen LogP contribution in [0, 0.1) is 12.3 Å². The van der Waals surface area contributed by atoms with Gasteiger partial charge in [-0.2, -0.15) is 0 Å². The Labute approximate surface area is 67.3 Å². The Morgan fingerprint density at radius 3 is 2.91 bits per heavy atom. The number of nitrogens with one attached hydrogen (secondary N) is 1. The summed E-state index contributed by atoms with van der Waals surface area (Å²) in [5.41, 5.74) is 5.22. The Hall–Kier alpha value is -1.01. The highest BCUT2D eigenvalue weighted by molar-refractivity contribution is 5.76. The molecule has 0 rings (SSSR count). The van der Waals surface area contributed by atoms with Crippen molar-refractivity contribution in [2.45, 2.75) is 25.8 Å². The van der Waals surface area contributed by atoms with E-state index in [-0.39, 0.29) is 11.9 Å². The molecule has 0 aliphatic rings. The second-order valence-corrected chi connectivity index (χ2v) is 2.35. The summed E-state index contributed by atoms with van der Waals surface area (Å²) < 4.78 is 0. The quantitative estimate of drug-likeness (QED) is 0.554. The molecule has 1 atom stereocenters. The molecule has 3 nitrogen and oxygen atoms in total. The summed E-state index contributed by atoms with van der Waals surface area (Å²) in [5, 5.41) is 2.63. The Balaban J connectivity index is 3.46. The van der Waals surface area contributed by atoms with Crippen LogP contribution in [-0.2, 0) is 4.79 Å². The average Bonchev–Trinajstić information content (AvgIpc) is 2.00. The highest BCUT2D eigenvalue weighted by atomic mass is 16.1. The standard InChI is InChI=1S/C8H14N2O/c1-3-7(2)10-8(11)5-4-6-9/h1,7H,4-6,9H2,2H3,(H,10,11). The van der Waals surface area contributed by atoms with Crippen LogP contribution in [0.1, 0.15) is 19.8 Å². The number of terminal acetylenes is 1. The van der Waals surface area contributed by atoms with Crippen molar-refractivity contribution >= 4 is 5.91 Å². The van der Waals surface area contributed by atoms with Crippen LogP contribution in [0.5, 0.6) is 0 Å². The smallest absolute Gasteiger partial charge is 0.220 e. The summed E-state index contributed by atoms with van der Waals surface area (Å²) in [5.74, 6) is 2.38. The van der Waals surface area contributed by atoms with Gasteiger partial charge in [0, 0.05) is 6.42 Å². The molecule has 0 radical (unpaired) electrons. The van der Waals surface area contributed by atoms with E-state index in [1.165, 1.54) is 0 Å². The van der Waals surface area contributed by atoms with Crippen molar-refractivity contribution < 1.29 is 4.79 Å². The topological polar surface area (TPSA) is 55.1 Å². The molecule has 3 N–H and O–H groups in total. The molecule has 0 aromatic carbocycles. The molecule has 0 saturated heterocycles. The minimum absolute atomic E-state index is 0.0269. The molecule has 0 aliphatic heterocycles. The first-order chi connectivity index (χ1) is 5.20. The van der Waals surface area contributed by atoms with Crippen molar-refractivity contribution in [3.8, 4) is 12.3 Å². The number of hydrogen-bond donors (Lipinski definition) is 2. The van der Waals surface area contributed by atoms with E-state index in [2.05, 4.69) is 11.2 Å². The second kappa shape index (κ2) is 5.75. The normalized spacial score (nSPS) is 11.7. The third-order valence-electron chi connectivity index (χ3n) is 1.24. The van der Waals surface area contributed by atoms with Crippen LogP contribution in [0.2, 0.25) is 0 Å². The van der Waals surface area contributed by atoms with E-state index in [9.17, 15) is 4.79 Å². The largest absolute Gasteiger partial charge is 0.343 e. The first-order valence-corrected chi connectivity index (χ1v) is 3.66. The van der Waals surface area contributed by atoms with E-state index in [1.54, 1.807) is 6.92 Å². The molecule has 0 spiro atoms. The summed E-state index contributed by atoms with van der Waals surface area (Å²) in [7, 11) is 0. The maximum atomic E-state index is 10.9. The zero-order chi connectivity index (χ0) is 8.69. The van der Waals surface area contributed by atoms with E-state index in [0.29, 0.717) is 19.4 Å². The molecule has 0 saturated carbocycles. The Morgan fingerprint density at radius 2 is 2.45 bits per heavy atom. The fourth-order valence-corrected chi connectivity index (χ4v) is 0.618. The summed E-state index contributed by atoms with van der Waals surface area (Å²) in [6.45, 7) is 2.30. The van der Waals surface area contributed by atoms with Gasteiger partial charge in [0.2, 0.25) is 5.91 Å². The van der Waals surface area contributed by atoms with Gasteiger partial charge in [-0.1, -0.05) is 5.92 Å². The monoisotopic (exact) mass is 154 g/mol. The van der Waals surface area contributed by atoms with Crippen LogP contribution >= 0.6 is 0 Å². The lowest BCUT2D eigenvalue weighted by molar-refractivity contribution is -0.121. The van der Waals surface area contributed by atoms with Gasteiger partial charge in [-0.15, -0.1) is 6.42 Å². The Morgan fingerprint density at radius 1 is 1.82 bits per heavy atom. The van der Waals surface area contributed by atoms with Crippen LogP contribution < -0.4 is 11.1 Å². The molecule has 3 heteroatoms. The van der Waals surface area contributed by atoms with E-state index in [4.69, 9.17) is 12.2 Å². The molecule has 1 amide bonds. The van der Waals surface area contributed by atoms with E-state index >= 15 is 0 Å². The van der Waals surface area contributed by atoms with Crippen molar-refractivity contribution in [1.82, 2.24) is 5.32 Å². The maximum Gasteiger partial charge on any atom is 0.220 e. The molecule has 0 aromatic heterocycles.